The molecular weight excluding hydrogens is 170 g/mol. The Morgan fingerprint density at radius 3 is 2.77 bits per heavy atom. The summed E-state index contributed by atoms with van der Waals surface area (Å²) in [6.45, 7) is 5.29. The first-order chi connectivity index (χ1) is 6.24. The Labute approximate surface area is 78.1 Å². The van der Waals surface area contributed by atoms with Crippen molar-refractivity contribution in [2.24, 2.45) is 0 Å². The Morgan fingerprint density at radius 2 is 2.23 bits per heavy atom. The van der Waals surface area contributed by atoms with E-state index >= 15 is 0 Å². The van der Waals surface area contributed by atoms with Crippen molar-refractivity contribution >= 4 is 5.91 Å². The number of hydrogen-bond acceptors (Lipinski definition) is 3. The van der Waals surface area contributed by atoms with Crippen LogP contribution in [0.5, 0.6) is 0 Å². The number of amides is 1. The smallest absolute Gasteiger partial charge is 0.227 e. The zero-order valence-corrected chi connectivity index (χ0v) is 7.86. The molecule has 1 heterocycles. The molecule has 4 nitrogen and oxygen atoms in total. The third-order valence-electron chi connectivity index (χ3n) is 1.86. The molecule has 13 heavy (non-hydrogen) atoms. The molecule has 0 bridgehead atoms. The molecule has 1 amide bonds. The van der Waals surface area contributed by atoms with E-state index in [4.69, 9.17) is 9.47 Å². The summed E-state index contributed by atoms with van der Waals surface area (Å²) in [6, 6.07) is 0. The second-order valence-electron chi connectivity index (χ2n) is 2.94. The van der Waals surface area contributed by atoms with Crippen molar-refractivity contribution in [2.45, 2.75) is 12.7 Å². The van der Waals surface area contributed by atoms with Gasteiger partial charge in [0.1, 0.15) is 0 Å². The third kappa shape index (κ3) is 3.16. The van der Waals surface area contributed by atoms with Crippen molar-refractivity contribution in [2.75, 3.05) is 26.8 Å². The molecule has 0 aromatic heterocycles. The molecule has 0 atom stereocenters. The first-order valence-electron chi connectivity index (χ1n) is 4.32. The maximum absolute atomic E-state index is 11.4. The Morgan fingerprint density at radius 1 is 1.62 bits per heavy atom. The first kappa shape index (κ1) is 10.2. The zero-order chi connectivity index (χ0) is 9.68. The topological polar surface area (TPSA) is 38.8 Å². The molecule has 0 radical (unpaired) electrons. The summed E-state index contributed by atoms with van der Waals surface area (Å²) in [5, 5.41) is 0. The third-order valence-corrected chi connectivity index (χ3v) is 1.86. The number of rotatable bonds is 4. The average molecular weight is 185 g/mol. The Bertz CT molecular complexity index is 187. The van der Waals surface area contributed by atoms with Crippen molar-refractivity contribution in [1.82, 2.24) is 4.90 Å². The van der Waals surface area contributed by atoms with Crippen LogP contribution in [0.1, 0.15) is 6.42 Å². The van der Waals surface area contributed by atoms with E-state index in [1.807, 2.05) is 0 Å². The summed E-state index contributed by atoms with van der Waals surface area (Å²) < 4.78 is 10.3. The number of likely N-dealkylation sites (N-methyl/N-ethyl adjacent to an activating group) is 1. The van der Waals surface area contributed by atoms with Gasteiger partial charge in [-0.1, -0.05) is 6.08 Å². The summed E-state index contributed by atoms with van der Waals surface area (Å²) in [5.41, 5.74) is 0. The van der Waals surface area contributed by atoms with Gasteiger partial charge >= 0.3 is 0 Å². The van der Waals surface area contributed by atoms with Crippen molar-refractivity contribution in [3.05, 3.63) is 12.7 Å². The van der Waals surface area contributed by atoms with Gasteiger partial charge in [-0.25, -0.2) is 0 Å². The molecule has 74 valence electrons. The van der Waals surface area contributed by atoms with Gasteiger partial charge in [0.25, 0.3) is 0 Å². The molecule has 0 N–H and O–H groups in total. The maximum atomic E-state index is 11.4. The van der Waals surface area contributed by atoms with Crippen LogP contribution in [-0.4, -0.2) is 43.9 Å². The van der Waals surface area contributed by atoms with Gasteiger partial charge in [-0.05, 0) is 0 Å². The van der Waals surface area contributed by atoms with Gasteiger partial charge in [-0.3, -0.25) is 4.79 Å². The minimum Gasteiger partial charge on any atom is -0.350 e. The number of hydrogen-bond donors (Lipinski definition) is 0. The van der Waals surface area contributed by atoms with E-state index in [1.54, 1.807) is 18.0 Å². The molecule has 1 fully saturated rings. The fourth-order valence-corrected chi connectivity index (χ4v) is 1.12. The van der Waals surface area contributed by atoms with Gasteiger partial charge in [-0.15, -0.1) is 6.58 Å². The summed E-state index contributed by atoms with van der Waals surface area (Å²) in [7, 11) is 1.74. The normalized spacial score (nSPS) is 17.3. The molecule has 0 aliphatic carbocycles. The summed E-state index contributed by atoms with van der Waals surface area (Å²) in [5.74, 6) is 0.0202. The van der Waals surface area contributed by atoms with Crippen LogP contribution < -0.4 is 0 Å². The van der Waals surface area contributed by atoms with Gasteiger partial charge < -0.3 is 14.4 Å². The SMILES string of the molecule is C=CCN(C)C(=O)CC1OCCO1. The highest BCUT2D eigenvalue weighted by atomic mass is 16.7. The standard InChI is InChI=1S/C9H15NO3/c1-3-4-10(2)8(11)7-9-12-5-6-13-9/h3,9H,1,4-7H2,2H3. The Kier molecular flexibility index (Phi) is 3.92. The van der Waals surface area contributed by atoms with Crippen LogP contribution in [0.25, 0.3) is 0 Å². The molecular formula is C9H15NO3. The van der Waals surface area contributed by atoms with Crippen LogP contribution in [0.15, 0.2) is 12.7 Å². The molecule has 1 aliphatic heterocycles. The lowest BCUT2D eigenvalue weighted by Gasteiger charge is -2.16. The highest BCUT2D eigenvalue weighted by Crippen LogP contribution is 2.08. The van der Waals surface area contributed by atoms with Crippen LogP contribution in [-0.2, 0) is 14.3 Å². The van der Waals surface area contributed by atoms with Crippen LogP contribution in [0.4, 0.5) is 0 Å². The average Bonchev–Trinajstić information content (AvgIpc) is 2.57. The summed E-state index contributed by atoms with van der Waals surface area (Å²) >= 11 is 0. The second kappa shape index (κ2) is 4.99. The van der Waals surface area contributed by atoms with Crippen molar-refractivity contribution in [3.8, 4) is 0 Å². The van der Waals surface area contributed by atoms with Gasteiger partial charge in [0, 0.05) is 13.6 Å². The number of nitrogens with zero attached hydrogens (tertiary/aromatic N) is 1. The number of carbonyl (C=O) groups excluding carboxylic acids is 1. The lowest BCUT2D eigenvalue weighted by Crippen LogP contribution is -2.30. The largest absolute Gasteiger partial charge is 0.350 e. The molecule has 0 aromatic carbocycles. The lowest BCUT2D eigenvalue weighted by molar-refractivity contribution is -0.137. The lowest BCUT2D eigenvalue weighted by atomic mass is 10.3. The predicted molar refractivity (Wildman–Crippen MR) is 48.1 cm³/mol. The Balaban J connectivity index is 2.26. The molecule has 0 unspecified atom stereocenters. The van der Waals surface area contributed by atoms with Gasteiger partial charge in [-0.2, -0.15) is 0 Å². The van der Waals surface area contributed by atoms with Gasteiger partial charge in [0.2, 0.25) is 5.91 Å². The van der Waals surface area contributed by atoms with Crippen molar-refractivity contribution in [3.63, 3.8) is 0 Å². The van der Waals surface area contributed by atoms with Crippen LogP contribution in [0.2, 0.25) is 0 Å². The maximum Gasteiger partial charge on any atom is 0.227 e. The second-order valence-corrected chi connectivity index (χ2v) is 2.94. The molecule has 0 saturated carbocycles. The summed E-state index contributed by atoms with van der Waals surface area (Å²) in [6.07, 6.45) is 1.64. The first-order valence-corrected chi connectivity index (χ1v) is 4.32. The summed E-state index contributed by atoms with van der Waals surface area (Å²) in [4.78, 5) is 13.0. The highest BCUT2D eigenvalue weighted by Gasteiger charge is 2.21. The monoisotopic (exact) mass is 185 g/mol. The number of carbonyl (C=O) groups is 1. The van der Waals surface area contributed by atoms with Crippen molar-refractivity contribution < 1.29 is 14.3 Å². The number of ether oxygens (including phenoxy) is 2. The van der Waals surface area contributed by atoms with E-state index in [-0.39, 0.29) is 12.2 Å². The molecule has 1 aliphatic rings. The predicted octanol–water partition coefficient (Wildman–Crippen LogP) is 0.394. The van der Waals surface area contributed by atoms with E-state index < -0.39 is 0 Å². The highest BCUT2D eigenvalue weighted by molar-refractivity contribution is 5.76. The van der Waals surface area contributed by atoms with E-state index in [0.29, 0.717) is 26.2 Å². The minimum atomic E-state index is -0.347. The van der Waals surface area contributed by atoms with Gasteiger partial charge in [0.15, 0.2) is 6.29 Å². The molecule has 1 saturated heterocycles. The van der Waals surface area contributed by atoms with Gasteiger partial charge in [0.05, 0.1) is 19.6 Å². The molecule has 0 aromatic rings. The quantitative estimate of drug-likeness (QED) is 0.595. The van der Waals surface area contributed by atoms with E-state index in [9.17, 15) is 4.79 Å². The molecule has 1 rings (SSSR count). The minimum absolute atomic E-state index is 0.0202. The van der Waals surface area contributed by atoms with E-state index in [0.717, 1.165) is 0 Å². The molecule has 0 spiro atoms. The van der Waals surface area contributed by atoms with Crippen LogP contribution >= 0.6 is 0 Å². The zero-order valence-electron chi connectivity index (χ0n) is 7.86. The van der Waals surface area contributed by atoms with Crippen LogP contribution in [0.3, 0.4) is 0 Å². The Hall–Kier alpha value is -0.870. The fourth-order valence-electron chi connectivity index (χ4n) is 1.12. The van der Waals surface area contributed by atoms with E-state index in [1.165, 1.54) is 0 Å². The molecule has 4 heteroatoms. The van der Waals surface area contributed by atoms with Crippen molar-refractivity contribution in [1.29, 1.82) is 0 Å². The fraction of sp³-hybridized carbons (Fsp3) is 0.667. The van der Waals surface area contributed by atoms with Crippen LogP contribution in [0, 0.1) is 0 Å². The van der Waals surface area contributed by atoms with E-state index in [2.05, 4.69) is 6.58 Å².